The van der Waals surface area contributed by atoms with Gasteiger partial charge in [-0.05, 0) is 56.2 Å². The first-order chi connectivity index (χ1) is 12.2. The highest BCUT2D eigenvalue weighted by Crippen LogP contribution is 2.23. The van der Waals surface area contributed by atoms with Gasteiger partial charge in [0.25, 0.3) is 0 Å². The summed E-state index contributed by atoms with van der Waals surface area (Å²) in [7, 11) is 1.71. The van der Waals surface area contributed by atoms with Gasteiger partial charge in [-0.25, -0.2) is 4.99 Å². The van der Waals surface area contributed by atoms with Gasteiger partial charge < -0.3 is 20.7 Å². The van der Waals surface area contributed by atoms with Gasteiger partial charge in [-0.2, -0.15) is 0 Å². The van der Waals surface area contributed by atoms with Crippen molar-refractivity contribution in [2.75, 3.05) is 32.1 Å². The predicted octanol–water partition coefficient (Wildman–Crippen LogP) is 4.00. The summed E-state index contributed by atoms with van der Waals surface area (Å²) in [5.41, 5.74) is 2.33. The summed E-state index contributed by atoms with van der Waals surface area (Å²) in [6.07, 6.45) is 5.12. The number of nitrogens with zero attached hydrogens (tertiary/aromatic N) is 1. The van der Waals surface area contributed by atoms with Crippen LogP contribution in [0.15, 0.2) is 29.3 Å². The first kappa shape index (κ1) is 23.0. The van der Waals surface area contributed by atoms with Gasteiger partial charge in [0.15, 0.2) is 5.96 Å². The number of ether oxygens (including phenoxy) is 1. The van der Waals surface area contributed by atoms with Crippen LogP contribution in [0.25, 0.3) is 0 Å². The summed E-state index contributed by atoms with van der Waals surface area (Å²) in [5.74, 6) is 1.80. The first-order valence-corrected chi connectivity index (χ1v) is 9.57. The van der Waals surface area contributed by atoms with Crippen LogP contribution >= 0.6 is 24.0 Å². The quantitative estimate of drug-likeness (QED) is 0.231. The molecule has 0 saturated heterocycles. The van der Waals surface area contributed by atoms with Crippen LogP contribution in [0.5, 0.6) is 0 Å². The van der Waals surface area contributed by atoms with E-state index in [-0.39, 0.29) is 24.0 Å². The molecule has 3 N–H and O–H groups in total. The summed E-state index contributed by atoms with van der Waals surface area (Å²) < 4.78 is 5.05. The number of anilines is 1. The fourth-order valence-corrected chi connectivity index (χ4v) is 3.11. The number of methoxy groups -OCH3 is 1. The van der Waals surface area contributed by atoms with Crippen LogP contribution in [-0.4, -0.2) is 38.8 Å². The molecule has 1 aromatic carbocycles. The van der Waals surface area contributed by atoms with E-state index >= 15 is 0 Å². The molecule has 6 heteroatoms. The number of hydrogen-bond acceptors (Lipinski definition) is 3. The third-order valence-corrected chi connectivity index (χ3v) is 4.71. The van der Waals surface area contributed by atoms with Crippen LogP contribution in [0.4, 0.5) is 5.69 Å². The van der Waals surface area contributed by atoms with Crippen molar-refractivity contribution >= 4 is 35.6 Å². The van der Waals surface area contributed by atoms with E-state index in [0.29, 0.717) is 19.2 Å². The van der Waals surface area contributed by atoms with Gasteiger partial charge in [0, 0.05) is 31.9 Å². The molecule has 1 aliphatic rings. The van der Waals surface area contributed by atoms with Crippen LogP contribution in [-0.2, 0) is 11.3 Å². The molecular weight excluding hydrogens is 439 g/mol. The Hall–Kier alpha value is -1.02. The van der Waals surface area contributed by atoms with E-state index in [1.807, 2.05) is 0 Å². The average Bonchev–Trinajstić information content (AvgIpc) is 2.63. The molecule has 0 unspecified atom stereocenters. The van der Waals surface area contributed by atoms with E-state index in [9.17, 15) is 0 Å². The Morgan fingerprint density at radius 3 is 2.46 bits per heavy atom. The van der Waals surface area contributed by atoms with Crippen molar-refractivity contribution in [1.29, 1.82) is 0 Å². The van der Waals surface area contributed by atoms with E-state index in [1.165, 1.54) is 31.2 Å². The van der Waals surface area contributed by atoms with Crippen LogP contribution in [0.3, 0.4) is 0 Å². The molecule has 0 aliphatic heterocycles. The average molecular weight is 474 g/mol. The fourth-order valence-electron chi connectivity index (χ4n) is 3.11. The number of guanidine groups is 1. The van der Waals surface area contributed by atoms with Crippen molar-refractivity contribution in [3.63, 3.8) is 0 Å². The van der Waals surface area contributed by atoms with E-state index in [2.05, 4.69) is 54.1 Å². The highest BCUT2D eigenvalue weighted by molar-refractivity contribution is 14.0. The van der Waals surface area contributed by atoms with Crippen LogP contribution in [0, 0.1) is 5.92 Å². The van der Waals surface area contributed by atoms with Gasteiger partial charge in [0.05, 0.1) is 13.2 Å². The molecule has 1 aliphatic carbocycles. The number of benzene rings is 1. The van der Waals surface area contributed by atoms with Crippen molar-refractivity contribution in [3.05, 3.63) is 29.8 Å². The van der Waals surface area contributed by atoms with E-state index < -0.39 is 0 Å². The number of halogens is 1. The standard InChI is InChI=1S/C20H34N4O.HI/c1-4-21-20(24-19-9-5-16(2)6-10-19)23-15-17-7-11-18(12-8-17)22-13-14-25-3;/h7-8,11-12,16,19,22H,4-6,9-10,13-15H2,1-3H3,(H2,21,23,24);1H. The summed E-state index contributed by atoms with van der Waals surface area (Å²) >= 11 is 0. The molecule has 1 aromatic rings. The largest absolute Gasteiger partial charge is 0.383 e. The van der Waals surface area contributed by atoms with Crippen molar-refractivity contribution in [1.82, 2.24) is 10.6 Å². The zero-order valence-electron chi connectivity index (χ0n) is 16.4. The number of rotatable bonds is 8. The Labute approximate surface area is 175 Å². The Morgan fingerprint density at radius 2 is 1.85 bits per heavy atom. The maximum absolute atomic E-state index is 5.05. The van der Waals surface area contributed by atoms with Crippen LogP contribution < -0.4 is 16.0 Å². The predicted molar refractivity (Wildman–Crippen MR) is 122 cm³/mol. The second-order valence-electron chi connectivity index (χ2n) is 6.91. The third kappa shape index (κ3) is 8.58. The lowest BCUT2D eigenvalue weighted by Crippen LogP contribution is -2.44. The Kier molecular flexibility index (Phi) is 11.7. The van der Waals surface area contributed by atoms with Crippen molar-refractivity contribution in [2.24, 2.45) is 10.9 Å². The number of aliphatic imine (C=N–C) groups is 1. The highest BCUT2D eigenvalue weighted by Gasteiger charge is 2.18. The van der Waals surface area contributed by atoms with Crippen molar-refractivity contribution < 1.29 is 4.74 Å². The summed E-state index contributed by atoms with van der Waals surface area (Å²) in [4.78, 5) is 4.76. The topological polar surface area (TPSA) is 57.7 Å². The van der Waals surface area contributed by atoms with Crippen LogP contribution in [0.1, 0.15) is 45.1 Å². The minimum absolute atomic E-state index is 0. The fraction of sp³-hybridized carbons (Fsp3) is 0.650. The minimum Gasteiger partial charge on any atom is -0.383 e. The highest BCUT2D eigenvalue weighted by atomic mass is 127. The molecule has 0 radical (unpaired) electrons. The van der Waals surface area contributed by atoms with Gasteiger partial charge in [0.2, 0.25) is 0 Å². The van der Waals surface area contributed by atoms with E-state index in [0.717, 1.165) is 30.7 Å². The summed E-state index contributed by atoms with van der Waals surface area (Å²) in [6.45, 7) is 7.57. The van der Waals surface area contributed by atoms with Crippen molar-refractivity contribution in [3.8, 4) is 0 Å². The Balaban J connectivity index is 0.00000338. The van der Waals surface area contributed by atoms with Gasteiger partial charge >= 0.3 is 0 Å². The van der Waals surface area contributed by atoms with Gasteiger partial charge in [-0.15, -0.1) is 24.0 Å². The summed E-state index contributed by atoms with van der Waals surface area (Å²) in [6, 6.07) is 9.02. The van der Waals surface area contributed by atoms with E-state index in [4.69, 9.17) is 9.73 Å². The monoisotopic (exact) mass is 474 g/mol. The lowest BCUT2D eigenvalue weighted by molar-refractivity contribution is 0.211. The molecule has 2 rings (SSSR count). The molecule has 148 valence electrons. The molecule has 26 heavy (non-hydrogen) atoms. The lowest BCUT2D eigenvalue weighted by atomic mass is 9.87. The van der Waals surface area contributed by atoms with Gasteiger partial charge in [-0.1, -0.05) is 19.1 Å². The van der Waals surface area contributed by atoms with Crippen molar-refractivity contribution in [2.45, 2.75) is 52.1 Å². The first-order valence-electron chi connectivity index (χ1n) is 9.57. The smallest absolute Gasteiger partial charge is 0.191 e. The molecule has 1 saturated carbocycles. The SMILES string of the molecule is CCNC(=NCc1ccc(NCCOC)cc1)NC1CCC(C)CC1.I. The Morgan fingerprint density at radius 1 is 1.15 bits per heavy atom. The molecule has 0 bridgehead atoms. The zero-order chi connectivity index (χ0) is 17.9. The number of hydrogen-bond donors (Lipinski definition) is 3. The van der Waals surface area contributed by atoms with Gasteiger partial charge in [-0.3, -0.25) is 0 Å². The second kappa shape index (κ2) is 13.2. The van der Waals surface area contributed by atoms with Crippen LogP contribution in [0.2, 0.25) is 0 Å². The maximum Gasteiger partial charge on any atom is 0.191 e. The summed E-state index contributed by atoms with van der Waals surface area (Å²) in [5, 5.41) is 10.3. The molecule has 0 atom stereocenters. The zero-order valence-corrected chi connectivity index (χ0v) is 18.7. The molecule has 1 fully saturated rings. The molecular formula is C20H35IN4O. The normalized spacial score (nSPS) is 20.2. The second-order valence-corrected chi connectivity index (χ2v) is 6.91. The molecule has 0 spiro atoms. The lowest BCUT2D eigenvalue weighted by Gasteiger charge is -2.28. The molecule has 0 aromatic heterocycles. The molecule has 0 heterocycles. The third-order valence-electron chi connectivity index (χ3n) is 4.71. The number of nitrogens with one attached hydrogen (secondary N) is 3. The molecule has 0 amide bonds. The Bertz CT molecular complexity index is 513. The van der Waals surface area contributed by atoms with Gasteiger partial charge in [0.1, 0.15) is 0 Å². The molecule has 5 nitrogen and oxygen atoms in total. The van der Waals surface area contributed by atoms with E-state index in [1.54, 1.807) is 7.11 Å². The maximum atomic E-state index is 5.05. The minimum atomic E-state index is 0.